The van der Waals surface area contributed by atoms with Crippen LogP contribution in [-0.2, 0) is 4.79 Å². The minimum absolute atomic E-state index is 0.0172. The van der Waals surface area contributed by atoms with Gasteiger partial charge in [0.05, 0.1) is 12.2 Å². The Morgan fingerprint density at radius 1 is 1.30 bits per heavy atom. The molecule has 0 amide bonds. The van der Waals surface area contributed by atoms with E-state index in [4.69, 9.17) is 0 Å². The van der Waals surface area contributed by atoms with Gasteiger partial charge in [0.2, 0.25) is 5.82 Å². The van der Waals surface area contributed by atoms with Gasteiger partial charge in [-0.1, -0.05) is 20.8 Å². The van der Waals surface area contributed by atoms with Crippen molar-refractivity contribution in [3.05, 3.63) is 32.9 Å². The van der Waals surface area contributed by atoms with Crippen LogP contribution in [0.4, 0.5) is 4.39 Å². The maximum atomic E-state index is 13.4. The lowest BCUT2D eigenvalue weighted by Crippen LogP contribution is -2.40. The number of nitrogens with zero attached hydrogens (tertiary/aromatic N) is 1. The number of aromatic amines is 1. The number of hydrogen-bond acceptors (Lipinski definition) is 3. The molecule has 1 saturated carbocycles. The van der Waals surface area contributed by atoms with Gasteiger partial charge in [-0.15, -0.1) is 0 Å². The molecular formula is C14H19FN2O3. The van der Waals surface area contributed by atoms with E-state index < -0.39 is 23.1 Å². The number of aromatic nitrogens is 2. The largest absolute Gasteiger partial charge is 0.329 e. The molecule has 2 rings (SSSR count). The zero-order valence-electron chi connectivity index (χ0n) is 11.9. The summed E-state index contributed by atoms with van der Waals surface area (Å²) in [5.74, 6) is -0.860. The molecule has 1 N–H and O–H groups in total. The molecule has 0 spiro atoms. The van der Waals surface area contributed by atoms with Crippen LogP contribution in [0.5, 0.6) is 0 Å². The first kappa shape index (κ1) is 14.7. The molecule has 0 radical (unpaired) electrons. The average molecular weight is 282 g/mol. The number of nitrogens with one attached hydrogen (secondary N) is 1. The Kier molecular flexibility index (Phi) is 3.67. The van der Waals surface area contributed by atoms with Crippen molar-refractivity contribution < 1.29 is 9.18 Å². The Labute approximate surface area is 115 Å². The fourth-order valence-electron chi connectivity index (χ4n) is 2.75. The quantitative estimate of drug-likeness (QED) is 0.851. The van der Waals surface area contributed by atoms with Gasteiger partial charge in [0, 0.05) is 6.42 Å². The van der Waals surface area contributed by atoms with Gasteiger partial charge in [0.1, 0.15) is 0 Å². The summed E-state index contributed by atoms with van der Waals surface area (Å²) in [6.07, 6.45) is 2.49. The van der Waals surface area contributed by atoms with Crippen molar-refractivity contribution in [3.63, 3.8) is 0 Å². The first-order chi connectivity index (χ1) is 9.20. The van der Waals surface area contributed by atoms with Gasteiger partial charge in [0.25, 0.3) is 5.56 Å². The Bertz CT molecular complexity index is 639. The van der Waals surface area contributed by atoms with E-state index in [1.54, 1.807) is 0 Å². The maximum absolute atomic E-state index is 13.4. The lowest BCUT2D eigenvalue weighted by Gasteiger charge is -2.37. The highest BCUT2D eigenvalue weighted by Crippen LogP contribution is 2.40. The molecule has 0 unspecified atom stereocenters. The van der Waals surface area contributed by atoms with E-state index in [9.17, 15) is 18.8 Å². The summed E-state index contributed by atoms with van der Waals surface area (Å²) in [4.78, 5) is 36.8. The molecule has 0 aromatic carbocycles. The molecule has 1 heterocycles. The van der Waals surface area contributed by atoms with Crippen LogP contribution >= 0.6 is 0 Å². The molecule has 1 aliphatic carbocycles. The molecule has 1 fully saturated rings. The van der Waals surface area contributed by atoms with Crippen LogP contribution in [0.15, 0.2) is 15.8 Å². The Hall–Kier alpha value is -1.72. The third-order valence-corrected chi connectivity index (χ3v) is 4.10. The summed E-state index contributed by atoms with van der Waals surface area (Å²) in [7, 11) is 0. The predicted molar refractivity (Wildman–Crippen MR) is 72.1 cm³/mol. The highest BCUT2D eigenvalue weighted by Gasteiger charge is 2.36. The molecule has 110 valence electrons. The van der Waals surface area contributed by atoms with Crippen LogP contribution in [0.3, 0.4) is 0 Å². The van der Waals surface area contributed by atoms with Crippen LogP contribution in [0.1, 0.15) is 46.1 Å². The minimum Gasteiger partial charge on any atom is -0.297 e. The number of halogens is 1. The second-order valence-electron chi connectivity index (χ2n) is 6.46. The van der Waals surface area contributed by atoms with Crippen molar-refractivity contribution in [3.8, 4) is 0 Å². The molecule has 0 aliphatic heterocycles. The topological polar surface area (TPSA) is 71.9 Å². The van der Waals surface area contributed by atoms with E-state index in [0.29, 0.717) is 12.8 Å². The highest BCUT2D eigenvalue weighted by atomic mass is 19.1. The van der Waals surface area contributed by atoms with Crippen molar-refractivity contribution in [2.24, 2.45) is 11.3 Å². The summed E-state index contributed by atoms with van der Waals surface area (Å²) >= 11 is 0. The fourth-order valence-corrected chi connectivity index (χ4v) is 2.75. The van der Waals surface area contributed by atoms with Gasteiger partial charge in [-0.25, -0.2) is 4.79 Å². The summed E-state index contributed by atoms with van der Waals surface area (Å²) in [5.41, 5.74) is -1.77. The maximum Gasteiger partial charge on any atom is 0.329 e. The molecule has 5 nitrogen and oxygen atoms in total. The number of carbonyl (C=O) groups excluding carboxylic acids is 1. The number of Topliss-reactive ketones (excluding diaryl/α,β-unsaturated/α-hetero) is 1. The number of rotatable bonds is 1. The van der Waals surface area contributed by atoms with Crippen LogP contribution in [0.2, 0.25) is 0 Å². The Morgan fingerprint density at radius 3 is 2.55 bits per heavy atom. The third kappa shape index (κ3) is 2.73. The summed E-state index contributed by atoms with van der Waals surface area (Å²) < 4.78 is 14.4. The normalized spacial score (nSPS) is 23.9. The standard InChI is InChI=1S/C14H19FN2O3/c1-14(2,3)8-4-5-11(18)10(6-8)17-7-9(15)12(19)16-13(17)20/h7-8,10H,4-6H2,1-3H3,(H,16,19,20)/t8-,10+/m0/s1. The average Bonchev–Trinajstić information content (AvgIpc) is 2.33. The smallest absolute Gasteiger partial charge is 0.297 e. The molecule has 6 heteroatoms. The number of carbonyl (C=O) groups is 1. The second-order valence-corrected chi connectivity index (χ2v) is 6.46. The molecule has 0 bridgehead atoms. The molecule has 0 saturated heterocycles. The molecule has 2 atom stereocenters. The minimum atomic E-state index is -1.05. The summed E-state index contributed by atoms with van der Waals surface area (Å²) in [6.45, 7) is 6.25. The lowest BCUT2D eigenvalue weighted by atomic mass is 9.70. The lowest BCUT2D eigenvalue weighted by molar-refractivity contribution is -0.125. The van der Waals surface area contributed by atoms with Crippen molar-refractivity contribution in [2.45, 2.75) is 46.1 Å². The van der Waals surface area contributed by atoms with Gasteiger partial charge >= 0.3 is 5.69 Å². The fraction of sp³-hybridized carbons (Fsp3) is 0.643. The summed E-state index contributed by atoms with van der Waals surface area (Å²) in [5, 5.41) is 0. The van der Waals surface area contributed by atoms with Gasteiger partial charge < -0.3 is 0 Å². The van der Waals surface area contributed by atoms with E-state index in [-0.39, 0.29) is 17.1 Å². The van der Waals surface area contributed by atoms with Gasteiger partial charge in [-0.05, 0) is 24.2 Å². The first-order valence-electron chi connectivity index (χ1n) is 6.74. The van der Waals surface area contributed by atoms with Crippen LogP contribution in [0.25, 0.3) is 0 Å². The second kappa shape index (κ2) is 5.00. The van der Waals surface area contributed by atoms with Gasteiger partial charge in [0.15, 0.2) is 5.78 Å². The molecule has 20 heavy (non-hydrogen) atoms. The Morgan fingerprint density at radius 2 is 1.95 bits per heavy atom. The molecular weight excluding hydrogens is 263 g/mol. The van der Waals surface area contributed by atoms with Crippen molar-refractivity contribution in [1.82, 2.24) is 9.55 Å². The Balaban J connectivity index is 2.40. The molecule has 1 aromatic rings. The zero-order chi connectivity index (χ0) is 15.1. The number of H-pyrrole nitrogens is 1. The highest BCUT2D eigenvalue weighted by molar-refractivity contribution is 5.83. The van der Waals surface area contributed by atoms with Crippen LogP contribution < -0.4 is 11.2 Å². The van der Waals surface area contributed by atoms with E-state index in [2.05, 4.69) is 20.8 Å². The summed E-state index contributed by atoms with van der Waals surface area (Å²) in [6, 6.07) is -0.688. The molecule has 1 aromatic heterocycles. The van der Waals surface area contributed by atoms with E-state index >= 15 is 0 Å². The number of ketones is 1. The van der Waals surface area contributed by atoms with Crippen molar-refractivity contribution >= 4 is 5.78 Å². The predicted octanol–water partition coefficient (Wildman–Crippen LogP) is 1.63. The van der Waals surface area contributed by atoms with Crippen LogP contribution in [-0.4, -0.2) is 15.3 Å². The van der Waals surface area contributed by atoms with Crippen molar-refractivity contribution in [1.29, 1.82) is 0 Å². The van der Waals surface area contributed by atoms with Crippen molar-refractivity contribution in [2.75, 3.05) is 0 Å². The zero-order valence-corrected chi connectivity index (χ0v) is 11.9. The van der Waals surface area contributed by atoms with E-state index in [1.165, 1.54) is 0 Å². The SMILES string of the molecule is CC(C)(C)[C@H]1CCC(=O)[C@H](n2cc(F)c(=O)[nH]c2=O)C1. The van der Waals surface area contributed by atoms with E-state index in [0.717, 1.165) is 17.2 Å². The third-order valence-electron chi connectivity index (χ3n) is 4.10. The first-order valence-corrected chi connectivity index (χ1v) is 6.74. The van der Waals surface area contributed by atoms with Gasteiger partial charge in [-0.3, -0.25) is 19.1 Å². The monoisotopic (exact) mass is 282 g/mol. The van der Waals surface area contributed by atoms with Gasteiger partial charge in [-0.2, -0.15) is 4.39 Å². The molecule has 1 aliphatic rings. The number of hydrogen-bond donors (Lipinski definition) is 1. The van der Waals surface area contributed by atoms with Crippen LogP contribution in [0, 0.1) is 17.2 Å². The van der Waals surface area contributed by atoms with E-state index in [1.807, 2.05) is 4.98 Å².